The highest BCUT2D eigenvalue weighted by Gasteiger charge is 2.05. The van der Waals surface area contributed by atoms with Crippen LogP contribution in [0, 0.1) is 6.92 Å². The third-order valence-corrected chi connectivity index (χ3v) is 3.59. The molecule has 3 aromatic rings. The molecule has 2 heterocycles. The van der Waals surface area contributed by atoms with E-state index in [0.29, 0.717) is 5.92 Å². The van der Waals surface area contributed by atoms with Crippen LogP contribution in [-0.2, 0) is 7.05 Å². The summed E-state index contributed by atoms with van der Waals surface area (Å²) in [5.41, 5.74) is 3.72. The van der Waals surface area contributed by atoms with E-state index in [2.05, 4.69) is 53.9 Å². The van der Waals surface area contributed by atoms with Gasteiger partial charge in [-0.15, -0.1) is 6.58 Å². The van der Waals surface area contributed by atoms with Gasteiger partial charge in [0.1, 0.15) is 0 Å². The highest BCUT2D eigenvalue weighted by atomic mass is 15.2. The first-order chi connectivity index (χ1) is 12.0. The smallest absolute Gasteiger partial charge is 0.0679 e. The van der Waals surface area contributed by atoms with Crippen LogP contribution in [0.4, 0.5) is 0 Å². The van der Waals surface area contributed by atoms with Gasteiger partial charge in [0.2, 0.25) is 0 Å². The zero-order valence-corrected chi connectivity index (χ0v) is 16.9. The Kier molecular flexibility index (Phi) is 11.8. The van der Waals surface area contributed by atoms with Crippen molar-refractivity contribution < 1.29 is 0 Å². The molecule has 0 saturated heterocycles. The van der Waals surface area contributed by atoms with Crippen molar-refractivity contribution >= 4 is 10.9 Å². The number of benzene rings is 1. The minimum Gasteiger partial charge on any atom is -0.283 e. The van der Waals surface area contributed by atoms with E-state index in [-0.39, 0.29) is 0 Å². The van der Waals surface area contributed by atoms with E-state index in [1.807, 2.05) is 51.7 Å². The SMILES string of the molecule is C=CC.CC.CCC(C)c1ccc2c(cnn2C)c1.Cc1ccn[nH]1. The van der Waals surface area contributed by atoms with E-state index in [1.165, 1.54) is 22.9 Å². The van der Waals surface area contributed by atoms with Crippen LogP contribution in [0.25, 0.3) is 10.9 Å². The third-order valence-electron chi connectivity index (χ3n) is 3.59. The summed E-state index contributed by atoms with van der Waals surface area (Å²) in [7, 11) is 1.98. The summed E-state index contributed by atoms with van der Waals surface area (Å²) >= 11 is 0. The molecular formula is C21H34N4. The Morgan fingerprint density at radius 2 is 1.92 bits per heavy atom. The Morgan fingerprint density at radius 1 is 1.28 bits per heavy atom. The van der Waals surface area contributed by atoms with Crippen molar-refractivity contribution in [3.05, 3.63) is 60.6 Å². The fraction of sp³-hybridized carbons (Fsp3) is 0.429. The molecule has 1 unspecified atom stereocenters. The number of hydrogen-bond acceptors (Lipinski definition) is 2. The minimum absolute atomic E-state index is 0.639. The van der Waals surface area contributed by atoms with Crippen molar-refractivity contribution in [3.8, 4) is 0 Å². The highest BCUT2D eigenvalue weighted by Crippen LogP contribution is 2.22. The number of fused-ring (bicyclic) bond motifs is 1. The van der Waals surface area contributed by atoms with Gasteiger partial charge in [0.15, 0.2) is 0 Å². The van der Waals surface area contributed by atoms with Crippen LogP contribution in [0.1, 0.15) is 58.2 Å². The molecule has 1 N–H and O–H groups in total. The highest BCUT2D eigenvalue weighted by molar-refractivity contribution is 5.79. The Balaban J connectivity index is 0.000000435. The van der Waals surface area contributed by atoms with Gasteiger partial charge >= 0.3 is 0 Å². The monoisotopic (exact) mass is 342 g/mol. The number of allylic oxidation sites excluding steroid dienone is 1. The third kappa shape index (κ3) is 7.84. The zero-order chi connectivity index (χ0) is 19.2. The van der Waals surface area contributed by atoms with Crippen molar-refractivity contribution in [1.29, 1.82) is 0 Å². The van der Waals surface area contributed by atoms with Gasteiger partial charge in [0, 0.05) is 24.3 Å². The summed E-state index contributed by atoms with van der Waals surface area (Å²) in [6, 6.07) is 8.53. The van der Waals surface area contributed by atoms with E-state index in [9.17, 15) is 0 Å². The minimum atomic E-state index is 0.639. The molecule has 0 amide bonds. The van der Waals surface area contributed by atoms with Gasteiger partial charge in [-0.1, -0.05) is 39.8 Å². The Morgan fingerprint density at radius 3 is 2.36 bits per heavy atom. The number of nitrogens with zero attached hydrogens (tertiary/aromatic N) is 3. The van der Waals surface area contributed by atoms with E-state index in [1.54, 1.807) is 12.3 Å². The van der Waals surface area contributed by atoms with Crippen LogP contribution in [-0.4, -0.2) is 20.0 Å². The molecule has 138 valence electrons. The average molecular weight is 343 g/mol. The molecular weight excluding hydrogens is 308 g/mol. The summed E-state index contributed by atoms with van der Waals surface area (Å²) < 4.78 is 1.91. The van der Waals surface area contributed by atoms with Crippen molar-refractivity contribution in [2.45, 2.75) is 53.9 Å². The fourth-order valence-corrected chi connectivity index (χ4v) is 2.05. The first-order valence-corrected chi connectivity index (χ1v) is 8.98. The summed E-state index contributed by atoms with van der Waals surface area (Å²) in [5.74, 6) is 0.639. The van der Waals surface area contributed by atoms with Crippen molar-refractivity contribution in [2.24, 2.45) is 7.05 Å². The van der Waals surface area contributed by atoms with Crippen molar-refractivity contribution in [3.63, 3.8) is 0 Å². The molecule has 0 aliphatic heterocycles. The average Bonchev–Trinajstić information content (AvgIpc) is 3.26. The number of nitrogens with one attached hydrogen (secondary N) is 1. The summed E-state index contributed by atoms with van der Waals surface area (Å²) in [6.07, 6.45) is 6.60. The van der Waals surface area contributed by atoms with E-state index >= 15 is 0 Å². The van der Waals surface area contributed by atoms with Crippen molar-refractivity contribution in [1.82, 2.24) is 20.0 Å². The second-order valence-electron chi connectivity index (χ2n) is 5.54. The van der Waals surface area contributed by atoms with Gasteiger partial charge in [-0.2, -0.15) is 10.2 Å². The lowest BCUT2D eigenvalue weighted by molar-refractivity contribution is 0.734. The maximum absolute atomic E-state index is 4.24. The van der Waals surface area contributed by atoms with Gasteiger partial charge < -0.3 is 0 Å². The number of rotatable bonds is 2. The Labute approximate surface area is 153 Å². The quantitative estimate of drug-likeness (QED) is 0.578. The maximum atomic E-state index is 4.24. The molecule has 1 atom stereocenters. The fourth-order valence-electron chi connectivity index (χ4n) is 2.05. The van der Waals surface area contributed by atoms with Gasteiger partial charge in [0.05, 0.1) is 11.7 Å². The largest absolute Gasteiger partial charge is 0.283 e. The van der Waals surface area contributed by atoms with Crippen molar-refractivity contribution in [2.75, 3.05) is 0 Å². The topological polar surface area (TPSA) is 46.5 Å². The number of aromatic amines is 1. The van der Waals surface area contributed by atoms with Crippen LogP contribution in [0.15, 0.2) is 49.3 Å². The van der Waals surface area contributed by atoms with E-state index in [0.717, 1.165) is 5.69 Å². The predicted octanol–water partition coefficient (Wildman–Crippen LogP) is 6.02. The molecule has 25 heavy (non-hydrogen) atoms. The molecule has 2 aromatic heterocycles. The molecule has 0 aliphatic rings. The van der Waals surface area contributed by atoms with Crippen LogP contribution in [0.3, 0.4) is 0 Å². The van der Waals surface area contributed by atoms with Crippen LogP contribution >= 0.6 is 0 Å². The van der Waals surface area contributed by atoms with E-state index in [4.69, 9.17) is 0 Å². The van der Waals surface area contributed by atoms with Gasteiger partial charge in [-0.25, -0.2) is 0 Å². The molecule has 0 aliphatic carbocycles. The summed E-state index contributed by atoms with van der Waals surface area (Å²) in [5, 5.41) is 11.9. The second kappa shape index (κ2) is 13.0. The predicted molar refractivity (Wildman–Crippen MR) is 110 cm³/mol. The zero-order valence-electron chi connectivity index (χ0n) is 16.9. The number of H-pyrrole nitrogens is 1. The molecule has 0 radical (unpaired) electrons. The van der Waals surface area contributed by atoms with Gasteiger partial charge in [-0.3, -0.25) is 9.78 Å². The molecule has 0 fully saturated rings. The first-order valence-electron chi connectivity index (χ1n) is 8.98. The van der Waals surface area contributed by atoms with Gasteiger partial charge in [0.25, 0.3) is 0 Å². The lowest BCUT2D eigenvalue weighted by Gasteiger charge is -2.08. The molecule has 4 heteroatoms. The molecule has 1 aromatic carbocycles. The summed E-state index contributed by atoms with van der Waals surface area (Å²) in [6.45, 7) is 15.7. The normalized spacial score (nSPS) is 10.4. The van der Waals surface area contributed by atoms with Gasteiger partial charge in [-0.05, 0) is 49.9 Å². The van der Waals surface area contributed by atoms with Crippen LogP contribution in [0.5, 0.6) is 0 Å². The number of aromatic nitrogens is 4. The molecule has 3 rings (SSSR count). The van der Waals surface area contributed by atoms with Crippen LogP contribution in [0.2, 0.25) is 0 Å². The molecule has 0 saturated carbocycles. The molecule has 0 bridgehead atoms. The lowest BCUT2D eigenvalue weighted by Crippen LogP contribution is -1.92. The lowest BCUT2D eigenvalue weighted by atomic mass is 9.98. The second-order valence-corrected chi connectivity index (χ2v) is 5.54. The summed E-state index contributed by atoms with van der Waals surface area (Å²) in [4.78, 5) is 0. The molecule has 4 nitrogen and oxygen atoms in total. The number of aryl methyl sites for hydroxylation is 2. The standard InChI is InChI=1S/C12H16N2.C4H6N2.C3H6.C2H6/c1-4-9(2)10-5-6-12-11(7-10)8-13-14(12)3;1-4-2-3-5-6-4;1-3-2;1-2/h5-9H,4H2,1-3H3;2-3H,1H3,(H,5,6);3H,1H2,2H3;1-2H3. The van der Waals surface area contributed by atoms with E-state index < -0.39 is 0 Å². The number of hydrogen-bond donors (Lipinski definition) is 1. The molecule has 0 spiro atoms. The Bertz CT molecular complexity index is 696. The maximum Gasteiger partial charge on any atom is 0.0679 e. The van der Waals surface area contributed by atoms with Crippen LogP contribution < -0.4 is 0 Å². The first kappa shape index (κ1) is 22.6. The Hall–Kier alpha value is -2.36.